The smallest absolute Gasteiger partial charge is 0.416 e. The molecule has 45 heavy (non-hydrogen) atoms. The Morgan fingerprint density at radius 3 is 1.84 bits per heavy atom. The van der Waals surface area contributed by atoms with E-state index in [0.29, 0.717) is 5.56 Å². The molecule has 3 amide bonds. The van der Waals surface area contributed by atoms with Gasteiger partial charge in [0.1, 0.15) is 24.3 Å². The predicted octanol–water partition coefficient (Wildman–Crippen LogP) is 4.13. The number of rotatable bonds is 13. The van der Waals surface area contributed by atoms with Gasteiger partial charge in [-0.3, -0.25) is 14.4 Å². The van der Waals surface area contributed by atoms with E-state index >= 15 is 0 Å². The van der Waals surface area contributed by atoms with Crippen LogP contribution >= 0.6 is 0 Å². The molecule has 238 valence electrons. The molecule has 3 aromatic rings. The van der Waals surface area contributed by atoms with Crippen molar-refractivity contribution < 1.29 is 41.8 Å². The number of ketones is 1. The van der Waals surface area contributed by atoms with Crippen molar-refractivity contribution in [1.29, 1.82) is 0 Å². The maximum atomic E-state index is 13.7. The fraction of sp³-hybridized carbons (Fsp3) is 0.333. The second kappa shape index (κ2) is 14.4. The van der Waals surface area contributed by atoms with Gasteiger partial charge >= 0.3 is 12.3 Å². The third kappa shape index (κ3) is 9.64. The van der Waals surface area contributed by atoms with Crippen molar-refractivity contribution in [3.8, 4) is 0 Å². The number of carbonyl (C=O) groups is 4. The number of benzene rings is 3. The van der Waals surface area contributed by atoms with Gasteiger partial charge in [-0.15, -0.1) is 0 Å². The normalized spacial score (nSPS) is 17.7. The summed E-state index contributed by atoms with van der Waals surface area (Å²) < 4.78 is 49.8. The van der Waals surface area contributed by atoms with Crippen LogP contribution in [-0.2, 0) is 49.5 Å². The van der Waals surface area contributed by atoms with Gasteiger partial charge in [-0.25, -0.2) is 4.79 Å². The van der Waals surface area contributed by atoms with E-state index in [2.05, 4.69) is 16.0 Å². The highest BCUT2D eigenvalue weighted by atomic mass is 19.4. The van der Waals surface area contributed by atoms with Gasteiger partial charge < -0.3 is 25.4 Å². The molecule has 1 saturated heterocycles. The van der Waals surface area contributed by atoms with E-state index in [-0.39, 0.29) is 31.8 Å². The third-order valence-corrected chi connectivity index (χ3v) is 7.31. The number of hydrogen-bond donors (Lipinski definition) is 3. The van der Waals surface area contributed by atoms with Gasteiger partial charge in [-0.2, -0.15) is 13.2 Å². The zero-order valence-electron chi connectivity index (χ0n) is 24.7. The summed E-state index contributed by atoms with van der Waals surface area (Å²) in [5, 5.41) is 7.68. The lowest BCUT2D eigenvalue weighted by molar-refractivity contribution is -0.137. The fourth-order valence-corrected chi connectivity index (χ4v) is 4.53. The lowest BCUT2D eigenvalue weighted by Crippen LogP contribution is -2.57. The van der Waals surface area contributed by atoms with Gasteiger partial charge in [-0.05, 0) is 49.1 Å². The molecular weight excluding hydrogens is 591 g/mol. The van der Waals surface area contributed by atoms with Crippen LogP contribution in [-0.4, -0.2) is 54.0 Å². The van der Waals surface area contributed by atoms with Crippen LogP contribution < -0.4 is 16.0 Å². The molecule has 0 aliphatic carbocycles. The average Bonchev–Trinajstić information content (AvgIpc) is 3.78. The molecule has 1 fully saturated rings. The van der Waals surface area contributed by atoms with Crippen LogP contribution in [0.2, 0.25) is 0 Å². The van der Waals surface area contributed by atoms with Crippen LogP contribution in [0.5, 0.6) is 0 Å². The van der Waals surface area contributed by atoms with Crippen LogP contribution in [0.1, 0.15) is 36.1 Å². The molecule has 1 aliphatic rings. The van der Waals surface area contributed by atoms with Crippen LogP contribution in [0.25, 0.3) is 0 Å². The Labute approximate surface area is 258 Å². The molecule has 4 rings (SSSR count). The van der Waals surface area contributed by atoms with Crippen molar-refractivity contribution in [2.75, 3.05) is 6.61 Å². The number of halogens is 3. The maximum Gasteiger partial charge on any atom is 0.416 e. The highest BCUT2D eigenvalue weighted by molar-refractivity contribution is 5.98. The van der Waals surface area contributed by atoms with E-state index in [1.807, 2.05) is 12.1 Å². The first-order chi connectivity index (χ1) is 21.3. The molecule has 1 aliphatic heterocycles. The number of alkyl halides is 3. The van der Waals surface area contributed by atoms with Gasteiger partial charge in [-0.1, -0.05) is 72.8 Å². The van der Waals surface area contributed by atoms with Gasteiger partial charge in [0.15, 0.2) is 5.78 Å². The number of hydrogen-bond acceptors (Lipinski definition) is 6. The largest absolute Gasteiger partial charge is 0.445 e. The summed E-state index contributed by atoms with van der Waals surface area (Å²) in [6, 6.07) is 18.6. The molecule has 0 radical (unpaired) electrons. The van der Waals surface area contributed by atoms with Crippen molar-refractivity contribution >= 4 is 23.7 Å². The third-order valence-electron chi connectivity index (χ3n) is 7.31. The first kappa shape index (κ1) is 33.2. The van der Waals surface area contributed by atoms with Crippen LogP contribution in [0, 0.1) is 0 Å². The van der Waals surface area contributed by atoms with Crippen molar-refractivity contribution in [2.24, 2.45) is 0 Å². The van der Waals surface area contributed by atoms with Crippen molar-refractivity contribution in [1.82, 2.24) is 16.0 Å². The summed E-state index contributed by atoms with van der Waals surface area (Å²) in [4.78, 5) is 52.4. The summed E-state index contributed by atoms with van der Waals surface area (Å²) in [5.41, 5.74) is -0.0833. The second-order valence-electron chi connectivity index (χ2n) is 11.0. The lowest BCUT2D eigenvalue weighted by atomic mass is 9.94. The molecule has 3 N–H and O–H groups in total. The minimum absolute atomic E-state index is 0.0283. The molecule has 9 nitrogen and oxygen atoms in total. The second-order valence-corrected chi connectivity index (χ2v) is 11.0. The van der Waals surface area contributed by atoms with Crippen molar-refractivity contribution in [3.63, 3.8) is 0 Å². The summed E-state index contributed by atoms with van der Waals surface area (Å²) >= 11 is 0. The zero-order valence-corrected chi connectivity index (χ0v) is 24.7. The van der Waals surface area contributed by atoms with Gasteiger partial charge in [0.05, 0.1) is 18.2 Å². The van der Waals surface area contributed by atoms with Gasteiger partial charge in [0.2, 0.25) is 11.8 Å². The highest BCUT2D eigenvalue weighted by Crippen LogP contribution is 2.30. The fourth-order valence-electron chi connectivity index (χ4n) is 4.53. The maximum absolute atomic E-state index is 13.7. The number of alkyl carbamates (subject to hydrolysis) is 1. The SMILES string of the molecule is C[C@H](NC(=O)OCc1ccccc1)C(=O)NC(Cc1ccc(C(F)(F)F)cc1)C(=O)N[C@@H](Cc1ccccc1)C(=O)[C@@]1(C)CO1. The summed E-state index contributed by atoms with van der Waals surface area (Å²) in [5.74, 6) is -1.83. The Kier molecular flexibility index (Phi) is 10.6. The highest BCUT2D eigenvalue weighted by Gasteiger charge is 2.50. The monoisotopic (exact) mass is 625 g/mol. The van der Waals surface area contributed by atoms with Crippen LogP contribution in [0.4, 0.5) is 18.0 Å². The number of Topliss-reactive ketones (excluding diaryl/α,β-unsaturated/α-hetero) is 1. The molecule has 12 heteroatoms. The van der Waals surface area contributed by atoms with Gasteiger partial charge in [0.25, 0.3) is 0 Å². The molecule has 1 unspecified atom stereocenters. The number of ether oxygens (including phenoxy) is 2. The Morgan fingerprint density at radius 2 is 1.29 bits per heavy atom. The number of carbonyl (C=O) groups excluding carboxylic acids is 4. The summed E-state index contributed by atoms with van der Waals surface area (Å²) in [7, 11) is 0. The van der Waals surface area contributed by atoms with Crippen molar-refractivity contribution in [2.45, 2.75) is 63.2 Å². The topological polar surface area (TPSA) is 126 Å². The first-order valence-corrected chi connectivity index (χ1v) is 14.3. The zero-order chi connectivity index (χ0) is 32.6. The molecule has 0 saturated carbocycles. The van der Waals surface area contributed by atoms with Gasteiger partial charge in [0, 0.05) is 6.42 Å². The van der Waals surface area contributed by atoms with Crippen LogP contribution in [0.15, 0.2) is 84.9 Å². The van der Waals surface area contributed by atoms with E-state index in [4.69, 9.17) is 9.47 Å². The lowest BCUT2D eigenvalue weighted by Gasteiger charge is -2.25. The molecule has 1 heterocycles. The molecule has 0 aromatic heterocycles. The van der Waals surface area contributed by atoms with E-state index in [1.54, 1.807) is 55.5 Å². The molecular formula is C33H34F3N3O6. The summed E-state index contributed by atoms with van der Waals surface area (Å²) in [6.45, 7) is 3.17. The Bertz CT molecular complexity index is 1480. The predicted molar refractivity (Wildman–Crippen MR) is 158 cm³/mol. The minimum Gasteiger partial charge on any atom is -0.445 e. The Morgan fingerprint density at radius 1 is 0.778 bits per heavy atom. The Hall–Kier alpha value is -4.71. The number of epoxide rings is 1. The summed E-state index contributed by atoms with van der Waals surface area (Å²) in [6.07, 6.45) is -5.46. The molecule has 3 aromatic carbocycles. The molecule has 4 atom stereocenters. The van der Waals surface area contributed by atoms with E-state index < -0.39 is 53.4 Å². The van der Waals surface area contributed by atoms with E-state index in [0.717, 1.165) is 23.3 Å². The van der Waals surface area contributed by atoms with E-state index in [1.165, 1.54) is 19.1 Å². The number of amides is 3. The van der Waals surface area contributed by atoms with Crippen molar-refractivity contribution in [3.05, 3.63) is 107 Å². The first-order valence-electron chi connectivity index (χ1n) is 14.3. The quantitative estimate of drug-likeness (QED) is 0.245. The Balaban J connectivity index is 1.48. The van der Waals surface area contributed by atoms with E-state index in [9.17, 15) is 32.3 Å². The standard InChI is InChI=1S/C33H34F3N3O6/c1-21(37-31(43)44-19-24-11-7-4-8-12-24)29(41)39-27(18-23-13-15-25(16-14-23)33(34,35)36)30(42)38-26(28(40)32(2)20-45-32)17-22-9-5-3-6-10-22/h3-16,21,26-27H,17-20H2,1-2H3,(H,37,43)(H,38,42)(H,39,41)/t21-,26-,27?,32+/m0/s1. The molecule has 0 bridgehead atoms. The average molecular weight is 626 g/mol. The number of nitrogens with one attached hydrogen (secondary N) is 3. The molecule has 0 spiro atoms. The van der Waals surface area contributed by atoms with Crippen LogP contribution in [0.3, 0.4) is 0 Å². The minimum atomic E-state index is -4.55.